The van der Waals surface area contributed by atoms with Gasteiger partial charge in [-0.2, -0.15) is 0 Å². The maximum Gasteiger partial charge on any atom is 0.0658 e. The summed E-state index contributed by atoms with van der Waals surface area (Å²) in [5.74, 6) is 0. The number of rotatable bonds is 2. The van der Waals surface area contributed by atoms with Gasteiger partial charge in [-0.25, -0.2) is 0 Å². The minimum absolute atomic E-state index is 0.264. The fourth-order valence-corrected chi connectivity index (χ4v) is 1.51. The minimum atomic E-state index is 0.264. The topological polar surface area (TPSA) is 38.0 Å². The second kappa shape index (κ2) is 2.81. The van der Waals surface area contributed by atoms with Gasteiger partial charge < -0.3 is 11.1 Å². The summed E-state index contributed by atoms with van der Waals surface area (Å²) >= 11 is 6.02. The number of hydrogen-bond donors (Lipinski definition) is 2. The Morgan fingerprint density at radius 1 is 1.46 bits per heavy atom. The second-order valence-corrected chi connectivity index (χ2v) is 4.33. The molecular weight excluding hydrogens is 184 g/mol. The van der Waals surface area contributed by atoms with Gasteiger partial charge in [-0.3, -0.25) is 0 Å². The summed E-state index contributed by atoms with van der Waals surface area (Å²) in [6.07, 6.45) is 2.43. The van der Waals surface area contributed by atoms with E-state index in [1.807, 2.05) is 12.1 Å². The van der Waals surface area contributed by atoms with Crippen molar-refractivity contribution in [2.24, 2.45) is 0 Å². The lowest BCUT2D eigenvalue weighted by Gasteiger charge is -2.14. The van der Waals surface area contributed by atoms with Gasteiger partial charge in [0.15, 0.2) is 0 Å². The Morgan fingerprint density at radius 2 is 2.15 bits per heavy atom. The molecule has 0 atom stereocenters. The van der Waals surface area contributed by atoms with Gasteiger partial charge in [0.25, 0.3) is 0 Å². The van der Waals surface area contributed by atoms with E-state index in [-0.39, 0.29) is 5.54 Å². The van der Waals surface area contributed by atoms with Gasteiger partial charge in [0.2, 0.25) is 0 Å². The minimum Gasteiger partial charge on any atom is -0.399 e. The molecule has 3 N–H and O–H groups in total. The third kappa shape index (κ3) is 1.89. The van der Waals surface area contributed by atoms with Crippen molar-refractivity contribution in [1.82, 2.24) is 0 Å². The van der Waals surface area contributed by atoms with Crippen LogP contribution in [0.15, 0.2) is 18.2 Å². The average Bonchev–Trinajstić information content (AvgIpc) is 2.75. The fraction of sp³-hybridized carbons (Fsp3) is 0.400. The van der Waals surface area contributed by atoms with E-state index in [1.165, 1.54) is 12.8 Å². The Bertz CT molecular complexity index is 332. The van der Waals surface area contributed by atoms with Crippen molar-refractivity contribution in [3.8, 4) is 0 Å². The normalized spacial score (nSPS) is 18.3. The summed E-state index contributed by atoms with van der Waals surface area (Å²) in [5.41, 5.74) is 7.55. The van der Waals surface area contributed by atoms with Gasteiger partial charge in [0.05, 0.1) is 10.7 Å². The number of nitrogens with one attached hydrogen (secondary N) is 1. The molecule has 0 unspecified atom stereocenters. The maximum atomic E-state index is 6.02. The number of hydrogen-bond acceptors (Lipinski definition) is 2. The Balaban J connectivity index is 2.20. The molecule has 2 rings (SSSR count). The molecule has 1 aromatic carbocycles. The molecule has 0 heterocycles. The highest BCUT2D eigenvalue weighted by Crippen LogP contribution is 2.40. The summed E-state index contributed by atoms with van der Waals surface area (Å²) in [7, 11) is 0. The predicted molar refractivity (Wildman–Crippen MR) is 57.1 cm³/mol. The first-order chi connectivity index (χ1) is 6.09. The van der Waals surface area contributed by atoms with Crippen LogP contribution in [0.5, 0.6) is 0 Å². The molecule has 0 radical (unpaired) electrons. The molecule has 1 fully saturated rings. The first kappa shape index (κ1) is 8.70. The van der Waals surface area contributed by atoms with Crippen molar-refractivity contribution < 1.29 is 0 Å². The van der Waals surface area contributed by atoms with Crippen molar-refractivity contribution in [1.29, 1.82) is 0 Å². The van der Waals surface area contributed by atoms with Crippen LogP contribution in [0.1, 0.15) is 19.8 Å². The van der Waals surface area contributed by atoms with Crippen molar-refractivity contribution in [2.75, 3.05) is 11.1 Å². The number of anilines is 2. The molecule has 0 spiro atoms. The fourth-order valence-electron chi connectivity index (χ4n) is 1.27. The van der Waals surface area contributed by atoms with Crippen molar-refractivity contribution in [3.05, 3.63) is 23.2 Å². The smallest absolute Gasteiger partial charge is 0.0658 e. The largest absolute Gasteiger partial charge is 0.399 e. The molecule has 1 saturated carbocycles. The highest BCUT2D eigenvalue weighted by molar-refractivity contribution is 6.33. The number of halogens is 1. The molecule has 0 bridgehead atoms. The summed E-state index contributed by atoms with van der Waals surface area (Å²) < 4.78 is 0. The molecule has 0 aliphatic heterocycles. The van der Waals surface area contributed by atoms with E-state index in [9.17, 15) is 0 Å². The van der Waals surface area contributed by atoms with Crippen molar-refractivity contribution in [2.45, 2.75) is 25.3 Å². The molecule has 70 valence electrons. The second-order valence-electron chi connectivity index (χ2n) is 3.92. The van der Waals surface area contributed by atoms with Gasteiger partial charge in [-0.1, -0.05) is 11.6 Å². The molecule has 2 nitrogen and oxygen atoms in total. The molecule has 1 aliphatic carbocycles. The average molecular weight is 197 g/mol. The van der Waals surface area contributed by atoms with Gasteiger partial charge in [-0.05, 0) is 38.0 Å². The number of nitrogen functional groups attached to an aromatic ring is 1. The number of benzene rings is 1. The highest BCUT2D eigenvalue weighted by Gasteiger charge is 2.37. The van der Waals surface area contributed by atoms with Gasteiger partial charge in [0.1, 0.15) is 0 Å². The van der Waals surface area contributed by atoms with Crippen LogP contribution in [0.25, 0.3) is 0 Å². The first-order valence-corrected chi connectivity index (χ1v) is 4.80. The summed E-state index contributed by atoms with van der Waals surface area (Å²) in [6, 6.07) is 5.57. The summed E-state index contributed by atoms with van der Waals surface area (Å²) in [6.45, 7) is 2.19. The van der Waals surface area contributed by atoms with E-state index in [1.54, 1.807) is 6.07 Å². The van der Waals surface area contributed by atoms with E-state index >= 15 is 0 Å². The SMILES string of the molecule is CC1(Nc2ccc(N)cc2Cl)CC1. The molecule has 0 aromatic heterocycles. The first-order valence-electron chi connectivity index (χ1n) is 4.42. The quantitative estimate of drug-likeness (QED) is 0.714. The zero-order valence-corrected chi connectivity index (χ0v) is 8.36. The lowest BCUT2D eigenvalue weighted by Crippen LogP contribution is -2.16. The lowest BCUT2D eigenvalue weighted by atomic mass is 10.2. The zero-order valence-electron chi connectivity index (χ0n) is 7.60. The standard InChI is InChI=1S/C10H13ClN2/c1-10(4-5-10)13-9-3-2-7(12)6-8(9)11/h2-3,6,13H,4-5,12H2,1H3. The summed E-state index contributed by atoms with van der Waals surface area (Å²) in [5, 5.41) is 4.10. The third-order valence-corrected chi connectivity index (χ3v) is 2.74. The Labute approximate surface area is 83.1 Å². The van der Waals surface area contributed by atoms with Crippen LogP contribution in [0.3, 0.4) is 0 Å². The number of nitrogens with two attached hydrogens (primary N) is 1. The summed E-state index contributed by atoms with van der Waals surface area (Å²) in [4.78, 5) is 0. The lowest BCUT2D eigenvalue weighted by molar-refractivity contribution is 0.829. The van der Waals surface area contributed by atoms with Crippen LogP contribution in [-0.4, -0.2) is 5.54 Å². The monoisotopic (exact) mass is 196 g/mol. The van der Waals surface area contributed by atoms with Crippen LogP contribution in [0.4, 0.5) is 11.4 Å². The van der Waals surface area contributed by atoms with Crippen LogP contribution >= 0.6 is 11.6 Å². The van der Waals surface area contributed by atoms with Crippen molar-refractivity contribution in [3.63, 3.8) is 0 Å². The predicted octanol–water partition coefficient (Wildman–Crippen LogP) is 2.89. The maximum absolute atomic E-state index is 6.02. The third-order valence-electron chi connectivity index (χ3n) is 2.43. The van der Waals surface area contributed by atoms with Crippen molar-refractivity contribution >= 4 is 23.0 Å². The molecule has 0 saturated heterocycles. The van der Waals surface area contributed by atoms with Gasteiger partial charge >= 0.3 is 0 Å². The molecule has 3 heteroatoms. The highest BCUT2D eigenvalue weighted by atomic mass is 35.5. The molecule has 1 aliphatic rings. The zero-order chi connectivity index (χ0) is 9.47. The molecule has 1 aromatic rings. The Kier molecular flexibility index (Phi) is 1.88. The van der Waals surface area contributed by atoms with E-state index in [2.05, 4.69) is 12.2 Å². The van der Waals surface area contributed by atoms with E-state index in [0.29, 0.717) is 10.7 Å². The van der Waals surface area contributed by atoms with Crippen LogP contribution in [0, 0.1) is 0 Å². The Hall–Kier alpha value is -0.890. The van der Waals surface area contributed by atoms with E-state index < -0.39 is 0 Å². The van der Waals surface area contributed by atoms with Gasteiger partial charge in [-0.15, -0.1) is 0 Å². The van der Waals surface area contributed by atoms with Gasteiger partial charge in [0, 0.05) is 11.2 Å². The van der Waals surface area contributed by atoms with Crippen LogP contribution in [-0.2, 0) is 0 Å². The Morgan fingerprint density at radius 3 is 2.69 bits per heavy atom. The molecule has 0 amide bonds. The molecule has 13 heavy (non-hydrogen) atoms. The van der Waals surface area contributed by atoms with Crippen LogP contribution < -0.4 is 11.1 Å². The van der Waals surface area contributed by atoms with E-state index in [0.717, 1.165) is 5.69 Å². The molecular formula is C10H13ClN2. The van der Waals surface area contributed by atoms with Crippen LogP contribution in [0.2, 0.25) is 5.02 Å². The van der Waals surface area contributed by atoms with E-state index in [4.69, 9.17) is 17.3 Å².